The minimum absolute atomic E-state index is 0.0428. The number of hydrogen-bond acceptors (Lipinski definition) is 4. The molecule has 0 spiro atoms. The van der Waals surface area contributed by atoms with Gasteiger partial charge in [0.05, 0.1) is 11.1 Å². The Kier molecular flexibility index (Phi) is 7.41. The van der Waals surface area contributed by atoms with Crippen LogP contribution in [0.3, 0.4) is 0 Å². The van der Waals surface area contributed by atoms with Gasteiger partial charge in [-0.1, -0.05) is 38.8 Å². The number of rotatable bonds is 10. The molecular formula is C22H27NO4. The van der Waals surface area contributed by atoms with Crippen molar-refractivity contribution >= 4 is 17.4 Å². The van der Waals surface area contributed by atoms with Gasteiger partial charge in [0.25, 0.3) is 0 Å². The van der Waals surface area contributed by atoms with E-state index in [9.17, 15) is 19.8 Å². The van der Waals surface area contributed by atoms with E-state index in [4.69, 9.17) is 0 Å². The second-order valence-electron chi connectivity index (χ2n) is 6.58. The molecule has 0 aliphatic rings. The van der Waals surface area contributed by atoms with E-state index < -0.39 is 11.8 Å². The van der Waals surface area contributed by atoms with Gasteiger partial charge in [-0.2, -0.15) is 0 Å². The number of carbonyl (C=O) groups excluding carboxylic acids is 1. The van der Waals surface area contributed by atoms with Crippen LogP contribution in [0.1, 0.15) is 65.8 Å². The molecule has 0 aliphatic carbocycles. The molecule has 0 saturated heterocycles. The second-order valence-corrected chi connectivity index (χ2v) is 6.58. The molecular weight excluding hydrogens is 342 g/mol. The standard InChI is InChI=1S/C22H27NO4/c1-3-5-13-23(14-6-4-2)16-11-12-17(19(15-16)22(26)27)21(25)18-9-7-8-10-20(18)24/h7-12,15,24H,3-6,13-14H2,1-2H3,(H,26,27). The molecule has 5 heteroatoms. The lowest BCUT2D eigenvalue weighted by molar-refractivity contribution is 0.0692. The molecule has 0 aliphatic heterocycles. The van der Waals surface area contributed by atoms with Gasteiger partial charge in [0.1, 0.15) is 5.75 Å². The van der Waals surface area contributed by atoms with E-state index in [0.29, 0.717) is 0 Å². The van der Waals surface area contributed by atoms with Gasteiger partial charge in [-0.3, -0.25) is 4.79 Å². The number of nitrogens with zero attached hydrogens (tertiary/aromatic N) is 1. The molecule has 0 bridgehead atoms. The third-order valence-electron chi connectivity index (χ3n) is 4.56. The van der Waals surface area contributed by atoms with E-state index in [2.05, 4.69) is 18.7 Å². The normalized spacial score (nSPS) is 10.6. The molecule has 2 aromatic carbocycles. The molecule has 0 aromatic heterocycles. The Labute approximate surface area is 160 Å². The number of carbonyl (C=O) groups is 2. The van der Waals surface area contributed by atoms with Crippen molar-refractivity contribution in [2.75, 3.05) is 18.0 Å². The fourth-order valence-corrected chi connectivity index (χ4v) is 2.98. The molecule has 27 heavy (non-hydrogen) atoms. The molecule has 0 heterocycles. The first-order valence-corrected chi connectivity index (χ1v) is 9.44. The van der Waals surface area contributed by atoms with E-state index in [1.54, 1.807) is 30.3 Å². The van der Waals surface area contributed by atoms with Gasteiger partial charge in [-0.15, -0.1) is 0 Å². The van der Waals surface area contributed by atoms with Gasteiger partial charge in [-0.05, 0) is 43.2 Å². The van der Waals surface area contributed by atoms with E-state index in [0.717, 1.165) is 44.5 Å². The number of aromatic hydroxyl groups is 1. The van der Waals surface area contributed by atoms with Crippen molar-refractivity contribution in [3.63, 3.8) is 0 Å². The first-order chi connectivity index (χ1) is 13.0. The van der Waals surface area contributed by atoms with Crippen molar-refractivity contribution in [3.8, 4) is 5.75 Å². The quantitative estimate of drug-likeness (QED) is 0.592. The van der Waals surface area contributed by atoms with Crippen LogP contribution in [-0.2, 0) is 0 Å². The Hall–Kier alpha value is -2.82. The summed E-state index contributed by atoms with van der Waals surface area (Å²) in [5.41, 5.74) is 0.946. The SMILES string of the molecule is CCCCN(CCCC)c1ccc(C(=O)c2ccccc2O)c(C(=O)O)c1. The van der Waals surface area contributed by atoms with E-state index in [1.807, 2.05) is 0 Å². The summed E-state index contributed by atoms with van der Waals surface area (Å²) in [5.74, 6) is -1.80. The molecule has 144 valence electrons. The van der Waals surface area contributed by atoms with Crippen molar-refractivity contribution < 1.29 is 19.8 Å². The number of ketones is 1. The zero-order chi connectivity index (χ0) is 19.8. The molecule has 0 saturated carbocycles. The summed E-state index contributed by atoms with van der Waals surface area (Å²) in [7, 11) is 0. The van der Waals surface area contributed by atoms with Crippen LogP contribution in [0.15, 0.2) is 42.5 Å². The Morgan fingerprint density at radius 2 is 1.52 bits per heavy atom. The average molecular weight is 369 g/mol. The first kappa shape index (κ1) is 20.5. The number of phenolic OH excluding ortho intramolecular Hbond substituents is 1. The number of carboxylic acids is 1. The number of para-hydroxylation sites is 1. The van der Waals surface area contributed by atoms with Crippen molar-refractivity contribution in [2.45, 2.75) is 39.5 Å². The summed E-state index contributed by atoms with van der Waals surface area (Å²) < 4.78 is 0. The fraction of sp³-hybridized carbons (Fsp3) is 0.364. The smallest absolute Gasteiger partial charge is 0.336 e. The predicted molar refractivity (Wildman–Crippen MR) is 107 cm³/mol. The third-order valence-corrected chi connectivity index (χ3v) is 4.56. The highest BCUT2D eigenvalue weighted by Crippen LogP contribution is 2.26. The molecule has 0 unspecified atom stereocenters. The summed E-state index contributed by atoms with van der Waals surface area (Å²) in [6.45, 7) is 5.94. The Morgan fingerprint density at radius 3 is 2.07 bits per heavy atom. The van der Waals surface area contributed by atoms with Crippen LogP contribution in [0, 0.1) is 0 Å². The van der Waals surface area contributed by atoms with Crippen LogP contribution < -0.4 is 4.90 Å². The summed E-state index contributed by atoms with van der Waals surface area (Å²) in [4.78, 5) is 26.8. The number of carboxylic acid groups (broad SMARTS) is 1. The van der Waals surface area contributed by atoms with Crippen molar-refractivity contribution in [2.24, 2.45) is 0 Å². The largest absolute Gasteiger partial charge is 0.507 e. The summed E-state index contributed by atoms with van der Waals surface area (Å²) in [5, 5.41) is 19.6. The van der Waals surface area contributed by atoms with Gasteiger partial charge in [0.2, 0.25) is 0 Å². The number of aromatic carboxylic acids is 1. The maximum absolute atomic E-state index is 12.8. The number of unbranched alkanes of at least 4 members (excludes halogenated alkanes) is 2. The zero-order valence-electron chi connectivity index (χ0n) is 15.9. The highest BCUT2D eigenvalue weighted by atomic mass is 16.4. The molecule has 0 radical (unpaired) electrons. The molecule has 0 fully saturated rings. The lowest BCUT2D eigenvalue weighted by Gasteiger charge is -2.25. The van der Waals surface area contributed by atoms with Gasteiger partial charge >= 0.3 is 5.97 Å². The first-order valence-electron chi connectivity index (χ1n) is 9.44. The zero-order valence-corrected chi connectivity index (χ0v) is 15.9. The summed E-state index contributed by atoms with van der Waals surface area (Å²) >= 11 is 0. The average Bonchev–Trinajstić information content (AvgIpc) is 2.67. The number of benzene rings is 2. The molecule has 0 atom stereocenters. The Balaban J connectivity index is 2.42. The van der Waals surface area contributed by atoms with Crippen LogP contribution >= 0.6 is 0 Å². The topological polar surface area (TPSA) is 77.8 Å². The second kappa shape index (κ2) is 9.76. The molecule has 2 aromatic rings. The Bertz CT molecular complexity index is 793. The summed E-state index contributed by atoms with van der Waals surface area (Å²) in [6.07, 6.45) is 4.14. The molecule has 0 amide bonds. The van der Waals surface area contributed by atoms with E-state index >= 15 is 0 Å². The van der Waals surface area contributed by atoms with Gasteiger partial charge < -0.3 is 15.1 Å². The van der Waals surface area contributed by atoms with Crippen LogP contribution in [0.5, 0.6) is 5.75 Å². The molecule has 5 nitrogen and oxygen atoms in total. The minimum Gasteiger partial charge on any atom is -0.507 e. The minimum atomic E-state index is -1.15. The van der Waals surface area contributed by atoms with Crippen molar-refractivity contribution in [1.29, 1.82) is 0 Å². The van der Waals surface area contributed by atoms with Crippen LogP contribution in [-0.4, -0.2) is 35.1 Å². The third kappa shape index (κ3) is 5.09. The molecule has 2 N–H and O–H groups in total. The lowest BCUT2D eigenvalue weighted by atomic mass is 9.97. The van der Waals surface area contributed by atoms with Crippen LogP contribution in [0.25, 0.3) is 0 Å². The van der Waals surface area contributed by atoms with Crippen molar-refractivity contribution in [1.82, 2.24) is 0 Å². The predicted octanol–water partition coefficient (Wildman–Crippen LogP) is 4.73. The molecule has 2 rings (SSSR count). The van der Waals surface area contributed by atoms with Gasteiger partial charge in [-0.25, -0.2) is 4.79 Å². The number of phenols is 1. The highest BCUT2D eigenvalue weighted by Gasteiger charge is 2.21. The lowest BCUT2D eigenvalue weighted by Crippen LogP contribution is -2.26. The maximum Gasteiger partial charge on any atom is 0.336 e. The summed E-state index contributed by atoms with van der Waals surface area (Å²) in [6, 6.07) is 11.1. The highest BCUT2D eigenvalue weighted by molar-refractivity contribution is 6.15. The van der Waals surface area contributed by atoms with Crippen LogP contribution in [0.2, 0.25) is 0 Å². The van der Waals surface area contributed by atoms with E-state index in [1.165, 1.54) is 12.1 Å². The van der Waals surface area contributed by atoms with Gasteiger partial charge in [0.15, 0.2) is 5.78 Å². The monoisotopic (exact) mass is 369 g/mol. The number of hydrogen-bond donors (Lipinski definition) is 2. The Morgan fingerprint density at radius 1 is 0.889 bits per heavy atom. The van der Waals surface area contributed by atoms with Crippen LogP contribution in [0.4, 0.5) is 5.69 Å². The fourth-order valence-electron chi connectivity index (χ4n) is 2.98. The van der Waals surface area contributed by atoms with Crippen molar-refractivity contribution in [3.05, 3.63) is 59.2 Å². The van der Waals surface area contributed by atoms with E-state index in [-0.39, 0.29) is 22.4 Å². The maximum atomic E-state index is 12.8. The van der Waals surface area contributed by atoms with Gasteiger partial charge in [0, 0.05) is 24.3 Å². The number of anilines is 1.